The van der Waals surface area contributed by atoms with Crippen molar-refractivity contribution in [3.63, 3.8) is 0 Å². The largest absolute Gasteiger partial charge is 0.416 e. The number of hydrogen-bond acceptors (Lipinski definition) is 4. The quantitative estimate of drug-likeness (QED) is 0.627. The molecule has 138 valence electrons. The molecule has 0 aliphatic carbocycles. The first-order chi connectivity index (χ1) is 12.4. The third-order valence-corrected chi connectivity index (χ3v) is 4.00. The number of aliphatic hydroxyl groups is 2. The second kappa shape index (κ2) is 7.35. The molecule has 0 radical (unpaired) electrons. The van der Waals surface area contributed by atoms with Crippen LogP contribution in [-0.4, -0.2) is 32.9 Å². The normalized spacial score (nSPS) is 13.1. The number of imidazole rings is 1. The summed E-state index contributed by atoms with van der Waals surface area (Å²) < 4.78 is 40.4. The van der Waals surface area contributed by atoms with Gasteiger partial charge in [0.15, 0.2) is 0 Å². The molecule has 0 amide bonds. The summed E-state index contributed by atoms with van der Waals surface area (Å²) in [6.07, 6.45) is -5.62. The Morgan fingerprint density at radius 3 is 2.62 bits per heavy atom. The van der Waals surface area contributed by atoms with Crippen molar-refractivity contribution in [2.24, 2.45) is 0 Å². The fraction of sp³-hybridized carbons (Fsp3) is 0.278. The van der Waals surface area contributed by atoms with Crippen LogP contribution in [0.2, 0.25) is 0 Å². The van der Waals surface area contributed by atoms with Crippen LogP contribution in [0.1, 0.15) is 17.2 Å². The van der Waals surface area contributed by atoms with Gasteiger partial charge in [-0.25, -0.2) is 4.98 Å². The average molecular weight is 365 g/mol. The van der Waals surface area contributed by atoms with Crippen molar-refractivity contribution < 1.29 is 23.4 Å². The van der Waals surface area contributed by atoms with Crippen LogP contribution in [0.3, 0.4) is 0 Å². The lowest BCUT2D eigenvalue weighted by Crippen LogP contribution is -2.15. The highest BCUT2D eigenvalue weighted by molar-refractivity contribution is 5.78. The minimum absolute atomic E-state index is 0.0234. The van der Waals surface area contributed by atoms with Gasteiger partial charge in [-0.2, -0.15) is 13.2 Å². The molecule has 1 atom stereocenters. The molecule has 0 bridgehead atoms. The van der Waals surface area contributed by atoms with Gasteiger partial charge in [-0.1, -0.05) is 24.3 Å². The van der Waals surface area contributed by atoms with E-state index in [9.17, 15) is 18.3 Å². The summed E-state index contributed by atoms with van der Waals surface area (Å²) in [5.74, 6) is 0.436. The maximum Gasteiger partial charge on any atom is 0.416 e. The molecule has 8 heteroatoms. The minimum atomic E-state index is -4.47. The van der Waals surface area contributed by atoms with E-state index in [0.717, 1.165) is 17.6 Å². The van der Waals surface area contributed by atoms with Crippen LogP contribution in [0, 0.1) is 0 Å². The van der Waals surface area contributed by atoms with Gasteiger partial charge in [-0.05, 0) is 29.8 Å². The lowest BCUT2D eigenvalue weighted by Gasteiger charge is -2.17. The predicted octanol–water partition coefficient (Wildman–Crippen LogP) is 3.19. The molecule has 26 heavy (non-hydrogen) atoms. The number of benzene rings is 2. The van der Waals surface area contributed by atoms with Crippen molar-refractivity contribution in [3.8, 4) is 0 Å². The summed E-state index contributed by atoms with van der Waals surface area (Å²) in [4.78, 5) is 4.40. The molecule has 5 nitrogen and oxygen atoms in total. The topological polar surface area (TPSA) is 70.3 Å². The number of halogens is 3. The molecule has 0 aliphatic rings. The number of alkyl halides is 3. The van der Waals surface area contributed by atoms with Gasteiger partial charge in [0.05, 0.1) is 35.9 Å². The van der Waals surface area contributed by atoms with Gasteiger partial charge in [0.2, 0.25) is 5.95 Å². The molecule has 0 saturated carbocycles. The van der Waals surface area contributed by atoms with E-state index in [4.69, 9.17) is 5.11 Å². The molecule has 1 unspecified atom stereocenters. The molecule has 3 N–H and O–H groups in total. The van der Waals surface area contributed by atoms with E-state index in [-0.39, 0.29) is 25.3 Å². The van der Waals surface area contributed by atoms with Gasteiger partial charge in [-0.15, -0.1) is 0 Å². The summed E-state index contributed by atoms with van der Waals surface area (Å²) >= 11 is 0. The number of rotatable bonds is 6. The minimum Gasteiger partial charge on any atom is -0.395 e. The second-order valence-corrected chi connectivity index (χ2v) is 5.82. The Labute approximate surface area is 147 Å². The Morgan fingerprint density at radius 1 is 1.12 bits per heavy atom. The van der Waals surface area contributed by atoms with E-state index in [2.05, 4.69) is 10.3 Å². The molecule has 3 rings (SSSR count). The molecule has 0 fully saturated rings. The molecule has 1 heterocycles. The van der Waals surface area contributed by atoms with E-state index in [0.29, 0.717) is 11.5 Å². The van der Waals surface area contributed by atoms with Gasteiger partial charge in [0.1, 0.15) is 0 Å². The summed E-state index contributed by atoms with van der Waals surface area (Å²) in [6.45, 7) is 0.192. The molecular formula is C18H18F3N3O2. The van der Waals surface area contributed by atoms with Gasteiger partial charge >= 0.3 is 6.18 Å². The number of fused-ring (bicyclic) bond motifs is 1. The van der Waals surface area contributed by atoms with Crippen molar-refractivity contribution in [1.82, 2.24) is 9.55 Å². The lowest BCUT2D eigenvalue weighted by molar-refractivity contribution is -0.137. The Bertz CT molecular complexity index is 893. The number of para-hydroxylation sites is 2. The number of aliphatic hydroxyl groups excluding tert-OH is 2. The summed E-state index contributed by atoms with van der Waals surface area (Å²) in [5.41, 5.74) is 0.789. The Kier molecular flexibility index (Phi) is 5.15. The summed E-state index contributed by atoms with van der Waals surface area (Å²) in [6, 6.07) is 11.9. The molecule has 3 aromatic rings. The number of nitrogens with one attached hydrogen (secondary N) is 1. The zero-order valence-electron chi connectivity index (χ0n) is 13.7. The van der Waals surface area contributed by atoms with E-state index >= 15 is 0 Å². The zero-order chi connectivity index (χ0) is 18.7. The first-order valence-electron chi connectivity index (χ1n) is 8.05. The summed E-state index contributed by atoms with van der Waals surface area (Å²) in [5, 5.41) is 22.5. The molecule has 0 spiro atoms. The SMILES string of the molecule is OCCNc1nc2ccccc2n1CC(O)c1cccc(C(F)(F)F)c1. The fourth-order valence-corrected chi connectivity index (χ4v) is 2.76. The first-order valence-corrected chi connectivity index (χ1v) is 8.05. The van der Waals surface area contributed by atoms with Crippen LogP contribution in [-0.2, 0) is 12.7 Å². The number of aromatic nitrogens is 2. The van der Waals surface area contributed by atoms with Gasteiger partial charge < -0.3 is 20.1 Å². The standard InChI is InChI=1S/C18H18F3N3O2/c19-18(20,21)13-5-3-4-12(10-13)16(26)11-24-15-7-2-1-6-14(15)23-17(24)22-8-9-25/h1-7,10,16,25-26H,8-9,11H2,(H,22,23). The Morgan fingerprint density at radius 2 is 1.88 bits per heavy atom. The smallest absolute Gasteiger partial charge is 0.395 e. The van der Waals surface area contributed by atoms with Crippen LogP contribution < -0.4 is 5.32 Å². The van der Waals surface area contributed by atoms with Gasteiger partial charge in [-0.3, -0.25) is 0 Å². The summed E-state index contributed by atoms with van der Waals surface area (Å²) in [7, 11) is 0. The zero-order valence-corrected chi connectivity index (χ0v) is 13.7. The van der Waals surface area contributed by atoms with Gasteiger partial charge in [0, 0.05) is 6.54 Å². The molecular weight excluding hydrogens is 347 g/mol. The fourth-order valence-electron chi connectivity index (χ4n) is 2.76. The number of anilines is 1. The van der Waals surface area contributed by atoms with E-state index in [1.54, 1.807) is 10.6 Å². The van der Waals surface area contributed by atoms with Crippen molar-refractivity contribution >= 4 is 17.0 Å². The Hall–Kier alpha value is -2.58. The monoisotopic (exact) mass is 365 g/mol. The number of nitrogens with zero attached hydrogens (tertiary/aromatic N) is 2. The third kappa shape index (κ3) is 3.81. The van der Waals surface area contributed by atoms with Crippen LogP contribution >= 0.6 is 0 Å². The lowest BCUT2D eigenvalue weighted by atomic mass is 10.1. The number of hydrogen-bond donors (Lipinski definition) is 3. The highest BCUT2D eigenvalue weighted by Crippen LogP contribution is 2.31. The molecule has 0 saturated heterocycles. The van der Waals surface area contributed by atoms with Gasteiger partial charge in [0.25, 0.3) is 0 Å². The predicted molar refractivity (Wildman–Crippen MR) is 91.7 cm³/mol. The third-order valence-electron chi connectivity index (χ3n) is 4.00. The molecule has 0 aliphatic heterocycles. The average Bonchev–Trinajstić information content (AvgIpc) is 2.97. The second-order valence-electron chi connectivity index (χ2n) is 5.82. The van der Waals surface area contributed by atoms with Crippen molar-refractivity contribution in [2.45, 2.75) is 18.8 Å². The maximum atomic E-state index is 12.9. The van der Waals surface area contributed by atoms with Crippen molar-refractivity contribution in [1.29, 1.82) is 0 Å². The van der Waals surface area contributed by atoms with E-state index < -0.39 is 17.8 Å². The Balaban J connectivity index is 1.93. The maximum absolute atomic E-state index is 12.9. The van der Waals surface area contributed by atoms with E-state index in [1.807, 2.05) is 18.2 Å². The molecule has 2 aromatic carbocycles. The highest BCUT2D eigenvalue weighted by Gasteiger charge is 2.31. The van der Waals surface area contributed by atoms with Crippen molar-refractivity contribution in [2.75, 3.05) is 18.5 Å². The van der Waals surface area contributed by atoms with E-state index in [1.165, 1.54) is 12.1 Å². The van der Waals surface area contributed by atoms with Crippen LogP contribution in [0.15, 0.2) is 48.5 Å². The van der Waals surface area contributed by atoms with Crippen LogP contribution in [0.25, 0.3) is 11.0 Å². The highest BCUT2D eigenvalue weighted by atomic mass is 19.4. The molecule has 1 aromatic heterocycles. The van der Waals surface area contributed by atoms with Crippen LogP contribution in [0.4, 0.5) is 19.1 Å². The van der Waals surface area contributed by atoms with Crippen LogP contribution in [0.5, 0.6) is 0 Å². The van der Waals surface area contributed by atoms with Crippen molar-refractivity contribution in [3.05, 3.63) is 59.7 Å². The first kappa shape index (κ1) is 18.2.